The first kappa shape index (κ1) is 20.1. The SMILES string of the molecule is CC(C)(C)c1ccc(C(=Cc2ccccc2)c2ccc(C(C)(C)C)cc2)cc1. The fraction of sp³-hybridized carbons (Fsp3) is 0.286. The highest BCUT2D eigenvalue weighted by Crippen LogP contribution is 2.31. The standard InChI is InChI=1S/C28H32/c1-27(2,3)24-16-12-22(13-17-24)26(20-21-10-8-7-9-11-21)23-14-18-25(19-15-23)28(4,5)6/h7-20H,1-6H3. The normalized spacial score (nSPS) is 11.9. The number of rotatable bonds is 3. The zero-order valence-corrected chi connectivity index (χ0v) is 18.1. The van der Waals surface area contributed by atoms with Gasteiger partial charge in [-0.1, -0.05) is 120 Å². The van der Waals surface area contributed by atoms with E-state index >= 15 is 0 Å². The predicted molar refractivity (Wildman–Crippen MR) is 124 cm³/mol. The molecule has 0 heterocycles. The molecule has 0 spiro atoms. The van der Waals surface area contributed by atoms with Crippen LogP contribution in [0.1, 0.15) is 69.4 Å². The second-order valence-electron chi connectivity index (χ2n) is 9.62. The second kappa shape index (κ2) is 7.80. The molecular formula is C28H32. The molecule has 0 bridgehead atoms. The molecule has 3 rings (SSSR count). The van der Waals surface area contributed by atoms with Crippen LogP contribution in [0.3, 0.4) is 0 Å². The van der Waals surface area contributed by atoms with Crippen molar-refractivity contribution in [2.75, 3.05) is 0 Å². The molecule has 0 radical (unpaired) electrons. The zero-order valence-electron chi connectivity index (χ0n) is 18.1. The lowest BCUT2D eigenvalue weighted by molar-refractivity contribution is 0.590. The number of benzene rings is 3. The van der Waals surface area contributed by atoms with Crippen LogP contribution in [-0.4, -0.2) is 0 Å². The molecule has 0 atom stereocenters. The van der Waals surface area contributed by atoms with Crippen LogP contribution in [0.15, 0.2) is 78.9 Å². The Morgan fingerprint density at radius 1 is 0.536 bits per heavy atom. The molecule has 0 saturated carbocycles. The zero-order chi connectivity index (χ0) is 20.4. The maximum absolute atomic E-state index is 2.29. The van der Waals surface area contributed by atoms with Crippen molar-refractivity contribution in [1.82, 2.24) is 0 Å². The fourth-order valence-corrected chi connectivity index (χ4v) is 3.35. The van der Waals surface area contributed by atoms with E-state index in [1.54, 1.807) is 0 Å². The van der Waals surface area contributed by atoms with Crippen LogP contribution in [0.2, 0.25) is 0 Å². The molecule has 0 saturated heterocycles. The molecule has 0 nitrogen and oxygen atoms in total. The summed E-state index contributed by atoms with van der Waals surface area (Å²) in [5.74, 6) is 0. The van der Waals surface area contributed by atoms with Crippen molar-refractivity contribution in [3.05, 3.63) is 107 Å². The predicted octanol–water partition coefficient (Wildman–Crippen LogP) is 7.87. The third-order valence-electron chi connectivity index (χ3n) is 5.23. The molecule has 0 aliphatic rings. The minimum Gasteiger partial charge on any atom is -0.0622 e. The van der Waals surface area contributed by atoms with Crippen LogP contribution in [0.5, 0.6) is 0 Å². The highest BCUT2D eigenvalue weighted by atomic mass is 14.2. The molecule has 3 aromatic carbocycles. The van der Waals surface area contributed by atoms with Gasteiger partial charge < -0.3 is 0 Å². The van der Waals surface area contributed by atoms with E-state index in [2.05, 4.69) is 126 Å². The summed E-state index contributed by atoms with van der Waals surface area (Å²) < 4.78 is 0. The molecule has 144 valence electrons. The summed E-state index contributed by atoms with van der Waals surface area (Å²) in [7, 11) is 0. The van der Waals surface area contributed by atoms with E-state index in [9.17, 15) is 0 Å². The van der Waals surface area contributed by atoms with Gasteiger partial charge >= 0.3 is 0 Å². The molecule has 28 heavy (non-hydrogen) atoms. The van der Waals surface area contributed by atoms with Crippen LogP contribution >= 0.6 is 0 Å². The topological polar surface area (TPSA) is 0 Å². The summed E-state index contributed by atoms with van der Waals surface area (Å²) in [5, 5.41) is 0. The minimum absolute atomic E-state index is 0.163. The smallest absolute Gasteiger partial charge is 0.0105 e. The molecule has 3 aromatic rings. The number of hydrogen-bond donors (Lipinski definition) is 0. The van der Waals surface area contributed by atoms with E-state index < -0.39 is 0 Å². The van der Waals surface area contributed by atoms with Gasteiger partial charge in [-0.2, -0.15) is 0 Å². The van der Waals surface area contributed by atoms with Crippen molar-refractivity contribution < 1.29 is 0 Å². The Bertz CT molecular complexity index is 867. The lowest BCUT2D eigenvalue weighted by Gasteiger charge is -2.21. The van der Waals surface area contributed by atoms with Gasteiger partial charge in [0, 0.05) is 0 Å². The van der Waals surface area contributed by atoms with Crippen LogP contribution in [-0.2, 0) is 10.8 Å². The Morgan fingerprint density at radius 3 is 1.29 bits per heavy atom. The average molecular weight is 369 g/mol. The Morgan fingerprint density at radius 2 is 0.929 bits per heavy atom. The minimum atomic E-state index is 0.163. The Kier molecular flexibility index (Phi) is 5.61. The number of hydrogen-bond acceptors (Lipinski definition) is 0. The first-order valence-electron chi connectivity index (χ1n) is 10.1. The molecule has 0 fully saturated rings. The largest absolute Gasteiger partial charge is 0.0622 e. The second-order valence-corrected chi connectivity index (χ2v) is 9.62. The lowest BCUT2D eigenvalue weighted by atomic mass is 9.84. The summed E-state index contributed by atoms with van der Waals surface area (Å²) in [6, 6.07) is 28.6. The van der Waals surface area contributed by atoms with E-state index in [0.717, 1.165) is 0 Å². The fourth-order valence-electron chi connectivity index (χ4n) is 3.35. The Balaban J connectivity index is 2.07. The molecule has 0 amide bonds. The van der Waals surface area contributed by atoms with Crippen molar-refractivity contribution >= 4 is 11.6 Å². The van der Waals surface area contributed by atoms with Gasteiger partial charge in [-0.05, 0) is 50.3 Å². The monoisotopic (exact) mass is 368 g/mol. The molecule has 0 N–H and O–H groups in total. The summed E-state index contributed by atoms with van der Waals surface area (Å²) in [6.07, 6.45) is 2.29. The van der Waals surface area contributed by atoms with Crippen molar-refractivity contribution in [1.29, 1.82) is 0 Å². The van der Waals surface area contributed by atoms with Crippen LogP contribution in [0, 0.1) is 0 Å². The molecule has 0 aliphatic carbocycles. The van der Waals surface area contributed by atoms with Gasteiger partial charge in [0.05, 0.1) is 0 Å². The Labute approximate surface area is 171 Å². The summed E-state index contributed by atoms with van der Waals surface area (Å²) in [5.41, 5.74) is 8.02. The maximum Gasteiger partial charge on any atom is -0.0105 e. The maximum atomic E-state index is 2.29. The third kappa shape index (κ3) is 4.81. The molecular weight excluding hydrogens is 336 g/mol. The van der Waals surface area contributed by atoms with Crippen molar-refractivity contribution in [3.8, 4) is 0 Å². The van der Waals surface area contributed by atoms with Crippen molar-refractivity contribution in [2.45, 2.75) is 52.4 Å². The van der Waals surface area contributed by atoms with Crippen LogP contribution in [0.4, 0.5) is 0 Å². The van der Waals surface area contributed by atoms with Gasteiger partial charge in [0.2, 0.25) is 0 Å². The van der Waals surface area contributed by atoms with E-state index in [4.69, 9.17) is 0 Å². The van der Waals surface area contributed by atoms with Crippen molar-refractivity contribution in [2.24, 2.45) is 0 Å². The highest BCUT2D eigenvalue weighted by molar-refractivity contribution is 5.91. The van der Waals surface area contributed by atoms with Gasteiger partial charge in [0.1, 0.15) is 0 Å². The molecule has 0 aromatic heterocycles. The van der Waals surface area contributed by atoms with Gasteiger partial charge in [0.15, 0.2) is 0 Å². The molecule has 0 unspecified atom stereocenters. The van der Waals surface area contributed by atoms with E-state index in [-0.39, 0.29) is 10.8 Å². The first-order valence-corrected chi connectivity index (χ1v) is 10.1. The van der Waals surface area contributed by atoms with Gasteiger partial charge in [-0.25, -0.2) is 0 Å². The van der Waals surface area contributed by atoms with Gasteiger partial charge in [-0.15, -0.1) is 0 Å². The quantitative estimate of drug-likeness (QED) is 0.413. The molecule has 0 heteroatoms. The lowest BCUT2D eigenvalue weighted by Crippen LogP contribution is -2.11. The Hall–Kier alpha value is -2.60. The van der Waals surface area contributed by atoms with Crippen molar-refractivity contribution in [3.63, 3.8) is 0 Å². The van der Waals surface area contributed by atoms with Gasteiger partial charge in [-0.3, -0.25) is 0 Å². The summed E-state index contributed by atoms with van der Waals surface area (Å²) in [4.78, 5) is 0. The first-order chi connectivity index (χ1) is 13.1. The molecule has 0 aliphatic heterocycles. The van der Waals surface area contributed by atoms with E-state index in [0.29, 0.717) is 0 Å². The van der Waals surface area contributed by atoms with Crippen LogP contribution in [0.25, 0.3) is 11.6 Å². The average Bonchev–Trinajstić information content (AvgIpc) is 2.66. The third-order valence-corrected chi connectivity index (χ3v) is 5.23. The van der Waals surface area contributed by atoms with Gasteiger partial charge in [0.25, 0.3) is 0 Å². The highest BCUT2D eigenvalue weighted by Gasteiger charge is 2.16. The van der Waals surface area contributed by atoms with E-state index in [1.165, 1.54) is 33.4 Å². The summed E-state index contributed by atoms with van der Waals surface area (Å²) >= 11 is 0. The summed E-state index contributed by atoms with van der Waals surface area (Å²) in [6.45, 7) is 13.5. The van der Waals surface area contributed by atoms with E-state index in [1.807, 2.05) is 0 Å². The van der Waals surface area contributed by atoms with Crippen LogP contribution < -0.4 is 0 Å².